The molecule has 1 fully saturated rings. The van der Waals surface area contributed by atoms with Crippen molar-refractivity contribution < 1.29 is 9.84 Å². The molecule has 0 bridgehead atoms. The monoisotopic (exact) mass is 318 g/mol. The molecule has 0 radical (unpaired) electrons. The number of aromatic hydroxyl groups is 1. The second-order valence-corrected chi connectivity index (χ2v) is 6.93. The third-order valence-corrected chi connectivity index (χ3v) is 4.95. The second kappa shape index (κ2) is 6.77. The van der Waals surface area contributed by atoms with Crippen LogP contribution in [0.4, 0.5) is 0 Å². The van der Waals surface area contributed by atoms with E-state index in [2.05, 4.69) is 22.2 Å². The lowest BCUT2D eigenvalue weighted by Gasteiger charge is -2.36. The molecule has 1 aliphatic rings. The van der Waals surface area contributed by atoms with Gasteiger partial charge in [0.2, 0.25) is 0 Å². The number of phenols is 1. The summed E-state index contributed by atoms with van der Waals surface area (Å²) in [5, 5.41) is 12.6. The molecule has 0 amide bonds. The van der Waals surface area contributed by atoms with Gasteiger partial charge in [0.1, 0.15) is 11.9 Å². The summed E-state index contributed by atoms with van der Waals surface area (Å²) in [6.07, 6.45) is 1.06. The van der Waals surface area contributed by atoms with Crippen molar-refractivity contribution in [1.29, 1.82) is 0 Å². The number of phenolic OH excluding ortho intramolecular Hbond substituents is 1. The van der Waals surface area contributed by atoms with E-state index in [-0.39, 0.29) is 6.10 Å². The SMILES string of the molecule is Cc1nc(C2CN(C(C)Cc3ccc(O)cc3)CCO2)cs1. The van der Waals surface area contributed by atoms with Crippen LogP contribution in [0.5, 0.6) is 5.75 Å². The highest BCUT2D eigenvalue weighted by atomic mass is 32.1. The summed E-state index contributed by atoms with van der Waals surface area (Å²) in [7, 11) is 0. The molecule has 1 aromatic heterocycles. The fraction of sp³-hybridized carbons (Fsp3) is 0.471. The van der Waals surface area contributed by atoms with Gasteiger partial charge in [-0.25, -0.2) is 4.98 Å². The molecule has 0 saturated carbocycles. The second-order valence-electron chi connectivity index (χ2n) is 5.87. The minimum absolute atomic E-state index is 0.0842. The van der Waals surface area contributed by atoms with E-state index < -0.39 is 0 Å². The zero-order valence-corrected chi connectivity index (χ0v) is 13.8. The molecule has 5 heteroatoms. The Bertz CT molecular complexity index is 611. The standard InChI is InChI=1S/C17H22N2O2S/c1-12(9-14-3-5-15(20)6-4-14)19-7-8-21-17(10-19)16-11-22-13(2)18-16/h3-6,11-12,17,20H,7-10H2,1-2H3. The summed E-state index contributed by atoms with van der Waals surface area (Å²) in [5.74, 6) is 0.321. The van der Waals surface area contributed by atoms with Gasteiger partial charge in [-0.3, -0.25) is 4.90 Å². The molecule has 2 aromatic rings. The lowest BCUT2D eigenvalue weighted by Crippen LogP contribution is -2.44. The van der Waals surface area contributed by atoms with E-state index in [0.29, 0.717) is 11.8 Å². The zero-order chi connectivity index (χ0) is 15.5. The van der Waals surface area contributed by atoms with Crippen molar-refractivity contribution >= 4 is 11.3 Å². The Hall–Kier alpha value is -1.43. The van der Waals surface area contributed by atoms with E-state index in [9.17, 15) is 5.11 Å². The van der Waals surface area contributed by atoms with Crippen LogP contribution in [0.25, 0.3) is 0 Å². The van der Waals surface area contributed by atoms with Crippen LogP contribution in [0.15, 0.2) is 29.6 Å². The summed E-state index contributed by atoms with van der Waals surface area (Å²) < 4.78 is 5.89. The Morgan fingerprint density at radius 2 is 2.18 bits per heavy atom. The lowest BCUT2D eigenvalue weighted by atomic mass is 10.0. The Kier molecular flexibility index (Phi) is 4.76. The first-order valence-electron chi connectivity index (χ1n) is 7.67. The van der Waals surface area contributed by atoms with Gasteiger partial charge >= 0.3 is 0 Å². The van der Waals surface area contributed by atoms with Gasteiger partial charge in [0, 0.05) is 24.5 Å². The lowest BCUT2D eigenvalue weighted by molar-refractivity contribution is -0.0441. The molecule has 1 saturated heterocycles. The van der Waals surface area contributed by atoms with Crippen LogP contribution in [0.3, 0.4) is 0 Å². The van der Waals surface area contributed by atoms with Gasteiger partial charge in [0.15, 0.2) is 0 Å². The molecule has 1 N–H and O–H groups in total. The number of hydrogen-bond donors (Lipinski definition) is 1. The topological polar surface area (TPSA) is 45.6 Å². The fourth-order valence-corrected chi connectivity index (χ4v) is 3.53. The Morgan fingerprint density at radius 3 is 2.86 bits per heavy atom. The van der Waals surface area contributed by atoms with Gasteiger partial charge in [-0.05, 0) is 38.0 Å². The van der Waals surface area contributed by atoms with Crippen molar-refractivity contribution in [3.05, 3.63) is 45.9 Å². The highest BCUT2D eigenvalue weighted by Gasteiger charge is 2.26. The molecule has 1 aromatic carbocycles. The molecular formula is C17H22N2O2S. The molecule has 4 nitrogen and oxygen atoms in total. The Morgan fingerprint density at radius 1 is 1.41 bits per heavy atom. The first-order valence-corrected chi connectivity index (χ1v) is 8.55. The molecule has 0 spiro atoms. The normalized spacial score (nSPS) is 20.9. The van der Waals surface area contributed by atoms with E-state index in [1.165, 1.54) is 5.56 Å². The van der Waals surface area contributed by atoms with Gasteiger partial charge < -0.3 is 9.84 Å². The summed E-state index contributed by atoms with van der Waals surface area (Å²) in [4.78, 5) is 7.03. The predicted octanol–water partition coefficient (Wildman–Crippen LogP) is 3.16. The maximum absolute atomic E-state index is 9.37. The van der Waals surface area contributed by atoms with Crippen LogP contribution in [0, 0.1) is 6.92 Å². The number of ether oxygens (including phenoxy) is 1. The zero-order valence-electron chi connectivity index (χ0n) is 13.0. The summed E-state index contributed by atoms with van der Waals surface area (Å²) >= 11 is 1.68. The van der Waals surface area contributed by atoms with E-state index in [1.807, 2.05) is 19.1 Å². The van der Waals surface area contributed by atoms with Crippen LogP contribution >= 0.6 is 11.3 Å². The number of aryl methyl sites for hydroxylation is 1. The van der Waals surface area contributed by atoms with Crippen molar-refractivity contribution in [2.45, 2.75) is 32.4 Å². The summed E-state index contributed by atoms with van der Waals surface area (Å²) in [6, 6.07) is 7.93. The molecule has 2 atom stereocenters. The average Bonchev–Trinajstić information content (AvgIpc) is 2.96. The predicted molar refractivity (Wildman–Crippen MR) is 88.4 cm³/mol. The maximum atomic E-state index is 9.37. The quantitative estimate of drug-likeness (QED) is 0.940. The van der Waals surface area contributed by atoms with Crippen LogP contribution in [0.2, 0.25) is 0 Å². The van der Waals surface area contributed by atoms with Crippen molar-refractivity contribution in [2.75, 3.05) is 19.7 Å². The van der Waals surface area contributed by atoms with Crippen LogP contribution in [0.1, 0.15) is 29.3 Å². The number of thiazole rings is 1. The highest BCUT2D eigenvalue weighted by Crippen LogP contribution is 2.25. The summed E-state index contributed by atoms with van der Waals surface area (Å²) in [6.45, 7) is 6.88. The number of hydrogen-bond acceptors (Lipinski definition) is 5. The van der Waals surface area contributed by atoms with E-state index in [0.717, 1.165) is 36.8 Å². The van der Waals surface area contributed by atoms with Crippen molar-refractivity contribution in [1.82, 2.24) is 9.88 Å². The van der Waals surface area contributed by atoms with Crippen LogP contribution in [-0.2, 0) is 11.2 Å². The highest BCUT2D eigenvalue weighted by molar-refractivity contribution is 7.09. The summed E-state index contributed by atoms with van der Waals surface area (Å²) in [5.41, 5.74) is 2.31. The fourth-order valence-electron chi connectivity index (χ4n) is 2.88. The van der Waals surface area contributed by atoms with Crippen molar-refractivity contribution in [3.63, 3.8) is 0 Å². The van der Waals surface area contributed by atoms with Gasteiger partial charge in [0.25, 0.3) is 0 Å². The molecule has 1 aliphatic heterocycles. The van der Waals surface area contributed by atoms with Gasteiger partial charge in [-0.2, -0.15) is 0 Å². The molecule has 0 aliphatic carbocycles. The molecule has 118 valence electrons. The average molecular weight is 318 g/mol. The maximum Gasteiger partial charge on any atom is 0.115 e. The molecule has 2 heterocycles. The molecular weight excluding hydrogens is 296 g/mol. The minimum Gasteiger partial charge on any atom is -0.508 e. The number of nitrogens with zero attached hydrogens (tertiary/aromatic N) is 2. The Balaban J connectivity index is 1.62. The molecule has 22 heavy (non-hydrogen) atoms. The van der Waals surface area contributed by atoms with Crippen LogP contribution < -0.4 is 0 Å². The third kappa shape index (κ3) is 3.66. The van der Waals surface area contributed by atoms with Gasteiger partial charge in [-0.1, -0.05) is 12.1 Å². The van der Waals surface area contributed by atoms with Crippen LogP contribution in [-0.4, -0.2) is 40.7 Å². The first kappa shape index (κ1) is 15.5. The van der Waals surface area contributed by atoms with Gasteiger partial charge in [-0.15, -0.1) is 11.3 Å². The Labute approximate surface area is 135 Å². The number of morpholine rings is 1. The van der Waals surface area contributed by atoms with Crippen molar-refractivity contribution in [3.8, 4) is 5.75 Å². The number of benzene rings is 1. The number of rotatable bonds is 4. The minimum atomic E-state index is 0.0842. The van der Waals surface area contributed by atoms with E-state index in [1.54, 1.807) is 23.5 Å². The van der Waals surface area contributed by atoms with Gasteiger partial charge in [0.05, 0.1) is 17.3 Å². The number of aromatic nitrogens is 1. The van der Waals surface area contributed by atoms with Crippen molar-refractivity contribution in [2.24, 2.45) is 0 Å². The largest absolute Gasteiger partial charge is 0.508 e. The van der Waals surface area contributed by atoms with E-state index in [4.69, 9.17) is 4.74 Å². The first-order chi connectivity index (χ1) is 10.6. The molecule has 3 rings (SSSR count). The molecule has 2 unspecified atom stereocenters. The third-order valence-electron chi connectivity index (χ3n) is 4.16. The van der Waals surface area contributed by atoms with E-state index >= 15 is 0 Å². The smallest absolute Gasteiger partial charge is 0.115 e.